The summed E-state index contributed by atoms with van der Waals surface area (Å²) in [5, 5.41) is 3.50. The van der Waals surface area contributed by atoms with Crippen LogP contribution in [0.4, 0.5) is 5.00 Å². The molecule has 1 aromatic rings. The van der Waals surface area contributed by atoms with Crippen LogP contribution in [0.2, 0.25) is 0 Å². The summed E-state index contributed by atoms with van der Waals surface area (Å²) >= 11 is 1.49. The molecule has 3 amide bonds. The van der Waals surface area contributed by atoms with Gasteiger partial charge in [0.15, 0.2) is 0 Å². The lowest BCUT2D eigenvalue weighted by atomic mass is 9.88. The Morgan fingerprint density at radius 1 is 1.22 bits per heavy atom. The maximum Gasteiger partial charge on any atom is 0.251 e. The van der Waals surface area contributed by atoms with Gasteiger partial charge in [0, 0.05) is 37.5 Å². The Labute approximate surface area is 163 Å². The molecule has 1 atom stereocenters. The van der Waals surface area contributed by atoms with E-state index >= 15 is 0 Å². The fourth-order valence-corrected chi connectivity index (χ4v) is 5.28. The van der Waals surface area contributed by atoms with Crippen molar-refractivity contribution in [2.45, 2.75) is 39.5 Å². The quantitative estimate of drug-likeness (QED) is 0.793. The molecule has 2 heterocycles. The molecule has 2 aliphatic rings. The number of carbonyl (C=O) groups is 3. The highest BCUT2D eigenvalue weighted by Gasteiger charge is 2.28. The van der Waals surface area contributed by atoms with Crippen molar-refractivity contribution in [1.29, 1.82) is 0 Å². The zero-order chi connectivity index (χ0) is 19.6. The molecule has 0 spiro atoms. The summed E-state index contributed by atoms with van der Waals surface area (Å²) in [4.78, 5) is 41.3. The first kappa shape index (κ1) is 19.8. The van der Waals surface area contributed by atoms with Crippen LogP contribution in [0.1, 0.15) is 47.5 Å². The highest BCUT2D eigenvalue weighted by molar-refractivity contribution is 7.17. The van der Waals surface area contributed by atoms with E-state index in [0.29, 0.717) is 49.1 Å². The van der Waals surface area contributed by atoms with Crippen molar-refractivity contribution < 1.29 is 14.4 Å². The summed E-state index contributed by atoms with van der Waals surface area (Å²) in [7, 11) is 0. The average molecular weight is 393 g/mol. The number of anilines is 1. The predicted octanol–water partition coefficient (Wildman–Crippen LogP) is 1.46. The zero-order valence-corrected chi connectivity index (χ0v) is 16.9. The third kappa shape index (κ3) is 4.50. The zero-order valence-electron chi connectivity index (χ0n) is 16.0. The molecule has 0 unspecified atom stereocenters. The minimum atomic E-state index is -0.468. The predicted molar refractivity (Wildman–Crippen MR) is 106 cm³/mol. The van der Waals surface area contributed by atoms with Gasteiger partial charge >= 0.3 is 0 Å². The van der Waals surface area contributed by atoms with E-state index in [4.69, 9.17) is 5.73 Å². The Balaban J connectivity index is 1.62. The molecular weight excluding hydrogens is 364 g/mol. The fraction of sp³-hybridized carbons (Fsp3) is 0.632. The SMILES string of the molecule is CCC(=O)N1CCN(CC(=O)Nc2sc3c(c2C(N)=O)CC[C@H](C)C3)CC1. The smallest absolute Gasteiger partial charge is 0.251 e. The molecule has 1 aliphatic carbocycles. The van der Waals surface area contributed by atoms with Crippen LogP contribution in [0.5, 0.6) is 0 Å². The number of nitrogens with two attached hydrogens (primary N) is 1. The maximum atomic E-state index is 12.5. The van der Waals surface area contributed by atoms with E-state index in [1.807, 2.05) is 16.7 Å². The lowest BCUT2D eigenvalue weighted by molar-refractivity contribution is -0.132. The van der Waals surface area contributed by atoms with Gasteiger partial charge in [-0.15, -0.1) is 11.3 Å². The third-order valence-electron chi connectivity index (χ3n) is 5.41. The molecule has 0 aromatic carbocycles. The number of rotatable bonds is 5. The molecule has 8 heteroatoms. The second-order valence-corrected chi connectivity index (χ2v) is 8.58. The molecule has 0 bridgehead atoms. The molecule has 0 saturated carbocycles. The van der Waals surface area contributed by atoms with Gasteiger partial charge in [-0.1, -0.05) is 13.8 Å². The third-order valence-corrected chi connectivity index (χ3v) is 6.58. The van der Waals surface area contributed by atoms with Crippen LogP contribution in [-0.2, 0) is 22.4 Å². The van der Waals surface area contributed by atoms with Crippen molar-refractivity contribution in [3.63, 3.8) is 0 Å². The van der Waals surface area contributed by atoms with Gasteiger partial charge in [-0.25, -0.2) is 0 Å². The van der Waals surface area contributed by atoms with Gasteiger partial charge in [-0.3, -0.25) is 19.3 Å². The van der Waals surface area contributed by atoms with Crippen LogP contribution >= 0.6 is 11.3 Å². The maximum absolute atomic E-state index is 12.5. The van der Waals surface area contributed by atoms with Crippen LogP contribution < -0.4 is 11.1 Å². The molecule has 7 nitrogen and oxygen atoms in total. The number of nitrogens with zero attached hydrogens (tertiary/aromatic N) is 2. The van der Waals surface area contributed by atoms with Crippen LogP contribution in [0.25, 0.3) is 0 Å². The van der Waals surface area contributed by atoms with E-state index < -0.39 is 5.91 Å². The van der Waals surface area contributed by atoms with E-state index in [-0.39, 0.29) is 18.4 Å². The summed E-state index contributed by atoms with van der Waals surface area (Å²) in [5.41, 5.74) is 7.12. The Kier molecular flexibility index (Phi) is 6.16. The number of thiophene rings is 1. The number of fused-ring (bicyclic) bond motifs is 1. The minimum absolute atomic E-state index is 0.139. The lowest BCUT2D eigenvalue weighted by Crippen LogP contribution is -2.50. The van der Waals surface area contributed by atoms with Gasteiger partial charge in [0.2, 0.25) is 11.8 Å². The van der Waals surface area contributed by atoms with Gasteiger partial charge in [-0.05, 0) is 30.7 Å². The van der Waals surface area contributed by atoms with Crippen molar-refractivity contribution in [1.82, 2.24) is 9.80 Å². The van der Waals surface area contributed by atoms with Crippen molar-refractivity contribution in [3.05, 3.63) is 16.0 Å². The second kappa shape index (κ2) is 8.39. The number of nitrogens with one attached hydrogen (secondary N) is 1. The van der Waals surface area contributed by atoms with Gasteiger partial charge in [-0.2, -0.15) is 0 Å². The Morgan fingerprint density at radius 2 is 1.93 bits per heavy atom. The van der Waals surface area contributed by atoms with Crippen LogP contribution in [-0.4, -0.2) is 60.2 Å². The van der Waals surface area contributed by atoms with Gasteiger partial charge in [0.25, 0.3) is 5.91 Å². The minimum Gasteiger partial charge on any atom is -0.365 e. The molecule has 1 saturated heterocycles. The fourth-order valence-electron chi connectivity index (χ4n) is 3.85. The molecule has 148 valence electrons. The summed E-state index contributed by atoms with van der Waals surface area (Å²) in [6.45, 7) is 6.98. The van der Waals surface area contributed by atoms with E-state index in [0.717, 1.165) is 24.8 Å². The number of hydrogen-bond donors (Lipinski definition) is 2. The lowest BCUT2D eigenvalue weighted by Gasteiger charge is -2.34. The molecule has 1 fully saturated rings. The normalized spacial score (nSPS) is 20.2. The number of primary amides is 1. The highest BCUT2D eigenvalue weighted by atomic mass is 32.1. The molecule has 27 heavy (non-hydrogen) atoms. The van der Waals surface area contributed by atoms with Crippen LogP contribution in [0.15, 0.2) is 0 Å². The number of piperazine rings is 1. The van der Waals surface area contributed by atoms with E-state index in [9.17, 15) is 14.4 Å². The molecular formula is C19H28N4O3S. The standard InChI is InChI=1S/C19H28N4O3S/c1-3-16(25)23-8-6-22(7-9-23)11-15(24)21-19-17(18(20)26)13-5-4-12(2)10-14(13)27-19/h12H,3-11H2,1-2H3,(H2,20,26)(H,21,24)/t12-/m0/s1. The molecule has 3 N–H and O–H groups in total. The van der Waals surface area contributed by atoms with Crippen molar-refractivity contribution >= 4 is 34.1 Å². The summed E-state index contributed by atoms with van der Waals surface area (Å²) in [6, 6.07) is 0. The van der Waals surface area contributed by atoms with Gasteiger partial charge in [0.1, 0.15) is 5.00 Å². The number of amides is 3. The largest absolute Gasteiger partial charge is 0.365 e. The molecule has 0 radical (unpaired) electrons. The first-order valence-corrected chi connectivity index (χ1v) is 10.4. The highest BCUT2D eigenvalue weighted by Crippen LogP contribution is 2.39. The Morgan fingerprint density at radius 3 is 2.56 bits per heavy atom. The monoisotopic (exact) mass is 392 g/mol. The summed E-state index contributed by atoms with van der Waals surface area (Å²) < 4.78 is 0. The molecule has 1 aliphatic heterocycles. The van der Waals surface area contributed by atoms with Crippen LogP contribution in [0, 0.1) is 5.92 Å². The molecule has 1 aromatic heterocycles. The van der Waals surface area contributed by atoms with Gasteiger partial charge < -0.3 is 16.0 Å². The Hall–Kier alpha value is -1.93. The Bertz CT molecular complexity index is 738. The first-order valence-electron chi connectivity index (χ1n) is 9.63. The van der Waals surface area contributed by atoms with Gasteiger partial charge in [0.05, 0.1) is 12.1 Å². The number of carbonyl (C=O) groups excluding carboxylic acids is 3. The second-order valence-electron chi connectivity index (χ2n) is 7.48. The van der Waals surface area contributed by atoms with Crippen molar-refractivity contribution in [2.75, 3.05) is 38.0 Å². The van der Waals surface area contributed by atoms with Crippen molar-refractivity contribution in [3.8, 4) is 0 Å². The first-order chi connectivity index (χ1) is 12.9. The topological polar surface area (TPSA) is 95.7 Å². The van der Waals surface area contributed by atoms with Crippen molar-refractivity contribution in [2.24, 2.45) is 11.7 Å². The molecule has 3 rings (SSSR count). The average Bonchev–Trinajstić information content (AvgIpc) is 2.98. The van der Waals surface area contributed by atoms with E-state index in [1.165, 1.54) is 16.2 Å². The summed E-state index contributed by atoms with van der Waals surface area (Å²) in [6.07, 6.45) is 3.33. The summed E-state index contributed by atoms with van der Waals surface area (Å²) in [5.74, 6) is 0.134. The van der Waals surface area contributed by atoms with E-state index in [2.05, 4.69) is 12.2 Å². The van der Waals surface area contributed by atoms with Crippen LogP contribution in [0.3, 0.4) is 0 Å². The number of hydrogen-bond acceptors (Lipinski definition) is 5. The van der Waals surface area contributed by atoms with E-state index in [1.54, 1.807) is 0 Å².